The van der Waals surface area contributed by atoms with Gasteiger partial charge >= 0.3 is 0 Å². The molecule has 0 spiro atoms. The SMILES string of the molecule is CC(C)c1noc(CSc2nnc(-c3ccc(Cl)cc3)n2-c2ccc(O)cc2)n1. The van der Waals surface area contributed by atoms with Gasteiger partial charge in [-0.15, -0.1) is 10.2 Å². The van der Waals surface area contributed by atoms with Crippen molar-refractivity contribution in [2.24, 2.45) is 0 Å². The summed E-state index contributed by atoms with van der Waals surface area (Å²) in [5, 5.41) is 23.7. The number of halogens is 1. The van der Waals surface area contributed by atoms with Gasteiger partial charge in [0.25, 0.3) is 0 Å². The molecule has 0 saturated heterocycles. The molecule has 0 aliphatic heterocycles. The van der Waals surface area contributed by atoms with Gasteiger partial charge in [-0.2, -0.15) is 4.98 Å². The smallest absolute Gasteiger partial charge is 0.237 e. The summed E-state index contributed by atoms with van der Waals surface area (Å²) in [5.41, 5.74) is 1.70. The summed E-state index contributed by atoms with van der Waals surface area (Å²) in [7, 11) is 0. The second-order valence-electron chi connectivity index (χ2n) is 6.65. The van der Waals surface area contributed by atoms with Gasteiger partial charge in [0, 0.05) is 22.2 Å². The van der Waals surface area contributed by atoms with Crippen LogP contribution in [0.5, 0.6) is 5.75 Å². The van der Waals surface area contributed by atoms with E-state index >= 15 is 0 Å². The minimum absolute atomic E-state index is 0.191. The molecule has 0 saturated carbocycles. The van der Waals surface area contributed by atoms with Crippen molar-refractivity contribution in [1.82, 2.24) is 24.9 Å². The molecule has 148 valence electrons. The molecule has 0 amide bonds. The summed E-state index contributed by atoms with van der Waals surface area (Å²) in [6.45, 7) is 4.03. The highest BCUT2D eigenvalue weighted by Crippen LogP contribution is 2.30. The van der Waals surface area contributed by atoms with E-state index in [4.69, 9.17) is 16.1 Å². The lowest BCUT2D eigenvalue weighted by Gasteiger charge is -2.10. The van der Waals surface area contributed by atoms with Gasteiger partial charge < -0.3 is 9.63 Å². The van der Waals surface area contributed by atoms with Gasteiger partial charge in [0.15, 0.2) is 16.8 Å². The molecule has 0 bridgehead atoms. The topological polar surface area (TPSA) is 89.9 Å². The van der Waals surface area contributed by atoms with Crippen molar-refractivity contribution in [3.05, 3.63) is 65.3 Å². The predicted molar refractivity (Wildman–Crippen MR) is 111 cm³/mol. The van der Waals surface area contributed by atoms with Crippen molar-refractivity contribution >= 4 is 23.4 Å². The molecule has 7 nitrogen and oxygen atoms in total. The molecule has 29 heavy (non-hydrogen) atoms. The lowest BCUT2D eigenvalue weighted by Crippen LogP contribution is -1.99. The van der Waals surface area contributed by atoms with E-state index in [-0.39, 0.29) is 11.7 Å². The van der Waals surface area contributed by atoms with E-state index in [9.17, 15) is 5.11 Å². The molecule has 9 heteroatoms. The van der Waals surface area contributed by atoms with E-state index in [2.05, 4.69) is 20.3 Å². The fourth-order valence-electron chi connectivity index (χ4n) is 2.67. The molecule has 2 aromatic carbocycles. The van der Waals surface area contributed by atoms with Crippen molar-refractivity contribution in [2.45, 2.75) is 30.7 Å². The third kappa shape index (κ3) is 4.28. The second kappa shape index (κ2) is 8.26. The molecule has 0 radical (unpaired) electrons. The van der Waals surface area contributed by atoms with Crippen LogP contribution in [0.3, 0.4) is 0 Å². The van der Waals surface area contributed by atoms with E-state index in [1.165, 1.54) is 11.8 Å². The van der Waals surface area contributed by atoms with Crippen LogP contribution in [0.2, 0.25) is 5.02 Å². The molecule has 2 heterocycles. The molecule has 1 N–H and O–H groups in total. The zero-order valence-electron chi connectivity index (χ0n) is 15.8. The Bertz CT molecular complexity index is 1110. The van der Waals surface area contributed by atoms with Gasteiger partial charge in [-0.05, 0) is 48.5 Å². The van der Waals surface area contributed by atoms with E-state index < -0.39 is 0 Å². The molecular weight excluding hydrogens is 410 g/mol. The fourth-order valence-corrected chi connectivity index (χ4v) is 3.59. The van der Waals surface area contributed by atoms with Crippen LogP contribution in [0.1, 0.15) is 31.5 Å². The maximum Gasteiger partial charge on any atom is 0.237 e. The van der Waals surface area contributed by atoms with Gasteiger partial charge in [0.05, 0.1) is 5.75 Å². The minimum Gasteiger partial charge on any atom is -0.508 e. The molecule has 4 aromatic rings. The number of aromatic hydroxyl groups is 1. The molecule has 4 rings (SSSR count). The summed E-state index contributed by atoms with van der Waals surface area (Å²) < 4.78 is 7.25. The van der Waals surface area contributed by atoms with Crippen LogP contribution in [-0.2, 0) is 5.75 Å². The van der Waals surface area contributed by atoms with Gasteiger partial charge in [-0.3, -0.25) is 4.57 Å². The highest BCUT2D eigenvalue weighted by molar-refractivity contribution is 7.98. The summed E-state index contributed by atoms with van der Waals surface area (Å²) in [5.74, 6) is 2.75. The third-order valence-corrected chi connectivity index (χ3v) is 5.33. The van der Waals surface area contributed by atoms with Gasteiger partial charge in [0.2, 0.25) is 5.89 Å². The summed E-state index contributed by atoms with van der Waals surface area (Å²) in [4.78, 5) is 4.41. The average molecular weight is 428 g/mol. The number of rotatable bonds is 6. The van der Waals surface area contributed by atoms with Crippen LogP contribution >= 0.6 is 23.4 Å². The van der Waals surface area contributed by atoms with E-state index in [1.807, 2.05) is 54.8 Å². The Morgan fingerprint density at radius 2 is 1.79 bits per heavy atom. The van der Waals surface area contributed by atoms with Crippen LogP contribution in [-0.4, -0.2) is 30.0 Å². The van der Waals surface area contributed by atoms with Crippen LogP contribution in [0.4, 0.5) is 0 Å². The van der Waals surface area contributed by atoms with E-state index in [1.54, 1.807) is 12.1 Å². The maximum atomic E-state index is 9.65. The summed E-state index contributed by atoms with van der Waals surface area (Å²) >= 11 is 7.47. The number of hydrogen-bond donors (Lipinski definition) is 1. The van der Waals surface area contributed by atoms with Crippen LogP contribution < -0.4 is 0 Å². The Morgan fingerprint density at radius 3 is 2.45 bits per heavy atom. The number of phenols is 1. The molecule has 0 aliphatic rings. The second-order valence-corrected chi connectivity index (χ2v) is 8.03. The maximum absolute atomic E-state index is 9.65. The Balaban J connectivity index is 1.69. The third-order valence-electron chi connectivity index (χ3n) is 4.17. The van der Waals surface area contributed by atoms with Crippen molar-refractivity contribution in [2.75, 3.05) is 0 Å². The zero-order chi connectivity index (χ0) is 20.4. The average Bonchev–Trinajstić information content (AvgIpc) is 3.35. The standard InChI is InChI=1S/C20H18ClN5O2S/c1-12(2)18-22-17(28-25-18)11-29-20-24-23-19(13-3-5-14(21)6-4-13)26(20)15-7-9-16(27)10-8-15/h3-10,12,27H,11H2,1-2H3. The zero-order valence-corrected chi connectivity index (χ0v) is 17.4. The van der Waals surface area contributed by atoms with Crippen molar-refractivity contribution < 1.29 is 9.63 Å². The Labute approximate surface area is 176 Å². The van der Waals surface area contributed by atoms with Crippen molar-refractivity contribution in [1.29, 1.82) is 0 Å². The fraction of sp³-hybridized carbons (Fsp3) is 0.200. The first-order valence-electron chi connectivity index (χ1n) is 8.97. The highest BCUT2D eigenvalue weighted by Gasteiger charge is 2.18. The summed E-state index contributed by atoms with van der Waals surface area (Å²) in [6, 6.07) is 14.3. The molecule has 2 aromatic heterocycles. The Morgan fingerprint density at radius 1 is 1.07 bits per heavy atom. The molecular formula is C20H18ClN5O2S. The lowest BCUT2D eigenvalue weighted by atomic mass is 10.2. The van der Waals surface area contributed by atoms with Gasteiger partial charge in [-0.1, -0.05) is 42.4 Å². The molecule has 0 aliphatic carbocycles. The van der Waals surface area contributed by atoms with Crippen LogP contribution in [0.15, 0.2) is 58.2 Å². The number of hydrogen-bond acceptors (Lipinski definition) is 7. The van der Waals surface area contributed by atoms with Gasteiger partial charge in [-0.25, -0.2) is 0 Å². The van der Waals surface area contributed by atoms with E-state index in [0.717, 1.165) is 11.3 Å². The number of phenolic OH excluding ortho intramolecular Hbond substituents is 1. The number of benzene rings is 2. The summed E-state index contributed by atoms with van der Waals surface area (Å²) in [6.07, 6.45) is 0. The first-order valence-corrected chi connectivity index (χ1v) is 10.3. The molecule has 0 atom stereocenters. The lowest BCUT2D eigenvalue weighted by molar-refractivity contribution is 0.382. The van der Waals surface area contributed by atoms with Crippen molar-refractivity contribution in [3.63, 3.8) is 0 Å². The highest BCUT2D eigenvalue weighted by atomic mass is 35.5. The van der Waals surface area contributed by atoms with Gasteiger partial charge in [0.1, 0.15) is 5.75 Å². The minimum atomic E-state index is 0.191. The van der Waals surface area contributed by atoms with E-state index in [0.29, 0.717) is 33.5 Å². The molecule has 0 fully saturated rings. The first kappa shape index (κ1) is 19.5. The normalized spacial score (nSPS) is 11.3. The quantitative estimate of drug-likeness (QED) is 0.428. The van der Waals surface area contributed by atoms with Crippen molar-refractivity contribution in [3.8, 4) is 22.8 Å². The number of nitrogens with zero attached hydrogens (tertiary/aromatic N) is 5. The number of aromatic nitrogens is 5. The first-order chi connectivity index (χ1) is 14.0. The monoisotopic (exact) mass is 427 g/mol. The Hall–Kier alpha value is -2.84. The Kier molecular flexibility index (Phi) is 5.55. The largest absolute Gasteiger partial charge is 0.508 e. The predicted octanol–water partition coefficient (Wildman–Crippen LogP) is 5.09. The molecule has 0 unspecified atom stereocenters. The van der Waals surface area contributed by atoms with Crippen LogP contribution in [0, 0.1) is 0 Å². The van der Waals surface area contributed by atoms with Crippen LogP contribution in [0.25, 0.3) is 17.1 Å². The number of thioether (sulfide) groups is 1.